The lowest BCUT2D eigenvalue weighted by Gasteiger charge is -2.14. The molecule has 114 valence electrons. The number of rotatable bonds is 6. The van der Waals surface area contributed by atoms with Crippen LogP contribution in [0.1, 0.15) is 32.5 Å². The zero-order valence-corrected chi connectivity index (χ0v) is 13.2. The molecule has 0 aliphatic heterocycles. The van der Waals surface area contributed by atoms with Gasteiger partial charge in [-0.3, -0.25) is 9.48 Å². The largest absolute Gasteiger partial charge is 0.349 e. The molecular formula is C14H20ClN5O. The van der Waals surface area contributed by atoms with Gasteiger partial charge in [-0.15, -0.1) is 0 Å². The summed E-state index contributed by atoms with van der Waals surface area (Å²) in [6.07, 6.45) is 6.72. The average Bonchev–Trinajstić information content (AvgIpc) is 3.03. The maximum atomic E-state index is 12.1. The number of hydrogen-bond donors (Lipinski definition) is 1. The molecule has 1 N–H and O–H groups in total. The molecule has 1 atom stereocenters. The number of nitrogens with zero attached hydrogens (tertiary/aromatic N) is 4. The number of nitrogens with one attached hydrogen (secondary N) is 1. The Balaban J connectivity index is 1.93. The second-order valence-electron chi connectivity index (χ2n) is 5.46. The molecule has 0 saturated carbocycles. The van der Waals surface area contributed by atoms with E-state index in [2.05, 4.69) is 33.8 Å². The van der Waals surface area contributed by atoms with Crippen molar-refractivity contribution in [2.24, 2.45) is 5.92 Å². The van der Waals surface area contributed by atoms with Crippen molar-refractivity contribution in [1.82, 2.24) is 24.6 Å². The first kappa shape index (κ1) is 15.6. The van der Waals surface area contributed by atoms with Crippen LogP contribution in [0.3, 0.4) is 0 Å². The molecule has 21 heavy (non-hydrogen) atoms. The smallest absolute Gasteiger partial charge is 0.244 e. The number of hydrogen-bond acceptors (Lipinski definition) is 3. The Labute approximate surface area is 129 Å². The average molecular weight is 310 g/mol. The van der Waals surface area contributed by atoms with E-state index in [4.69, 9.17) is 11.6 Å². The van der Waals surface area contributed by atoms with E-state index in [0.29, 0.717) is 17.5 Å². The predicted molar refractivity (Wildman–Crippen MR) is 80.9 cm³/mol. The first-order valence-corrected chi connectivity index (χ1v) is 7.31. The van der Waals surface area contributed by atoms with Crippen molar-refractivity contribution in [2.45, 2.75) is 39.9 Å². The molecular weight excluding hydrogens is 290 g/mol. The minimum Gasteiger partial charge on any atom is -0.349 e. The van der Waals surface area contributed by atoms with Gasteiger partial charge in [0.05, 0.1) is 29.8 Å². The van der Waals surface area contributed by atoms with Crippen LogP contribution in [0.4, 0.5) is 0 Å². The Morgan fingerprint density at radius 2 is 2.14 bits per heavy atom. The van der Waals surface area contributed by atoms with Crippen LogP contribution in [0, 0.1) is 5.92 Å². The van der Waals surface area contributed by atoms with Crippen LogP contribution in [0.25, 0.3) is 0 Å². The van der Waals surface area contributed by atoms with Crippen molar-refractivity contribution in [3.8, 4) is 0 Å². The zero-order chi connectivity index (χ0) is 15.4. The minimum absolute atomic E-state index is 0.105. The van der Waals surface area contributed by atoms with Crippen molar-refractivity contribution in [1.29, 1.82) is 0 Å². The Morgan fingerprint density at radius 1 is 1.38 bits per heavy atom. The molecule has 2 aromatic heterocycles. The van der Waals surface area contributed by atoms with E-state index >= 15 is 0 Å². The van der Waals surface area contributed by atoms with Crippen molar-refractivity contribution >= 4 is 17.5 Å². The first-order valence-electron chi connectivity index (χ1n) is 6.93. The zero-order valence-electron chi connectivity index (χ0n) is 12.5. The van der Waals surface area contributed by atoms with E-state index in [1.807, 2.05) is 0 Å². The molecule has 7 heteroatoms. The molecule has 2 rings (SSSR count). The summed E-state index contributed by atoms with van der Waals surface area (Å²) in [5, 5.41) is 7.47. The monoisotopic (exact) mass is 309 g/mol. The summed E-state index contributed by atoms with van der Waals surface area (Å²) in [5.41, 5.74) is 0.989. The molecule has 0 bridgehead atoms. The molecule has 0 saturated heterocycles. The number of carbonyl (C=O) groups is 1. The lowest BCUT2D eigenvalue weighted by molar-refractivity contribution is -0.124. The molecule has 0 unspecified atom stereocenters. The Hall–Kier alpha value is -1.82. The van der Waals surface area contributed by atoms with Crippen LogP contribution >= 0.6 is 11.6 Å². The lowest BCUT2D eigenvalue weighted by atomic mass is 10.2. The highest BCUT2D eigenvalue weighted by Crippen LogP contribution is 2.11. The second kappa shape index (κ2) is 6.76. The highest BCUT2D eigenvalue weighted by Gasteiger charge is 2.16. The van der Waals surface area contributed by atoms with E-state index in [9.17, 15) is 4.79 Å². The SMILES string of the molecule is CC(C)Cn1cncc1CNC(=O)[C@@H](C)n1cc(Cl)cn1. The van der Waals surface area contributed by atoms with Crippen LogP contribution in [0.5, 0.6) is 0 Å². The summed E-state index contributed by atoms with van der Waals surface area (Å²) in [7, 11) is 0. The van der Waals surface area contributed by atoms with E-state index in [-0.39, 0.29) is 5.91 Å². The molecule has 0 aliphatic carbocycles. The van der Waals surface area contributed by atoms with Gasteiger partial charge in [-0.1, -0.05) is 25.4 Å². The van der Waals surface area contributed by atoms with Crippen LogP contribution in [-0.2, 0) is 17.9 Å². The maximum Gasteiger partial charge on any atom is 0.244 e. The lowest BCUT2D eigenvalue weighted by Crippen LogP contribution is -2.31. The molecule has 2 heterocycles. The number of halogens is 1. The van der Waals surface area contributed by atoms with Crippen molar-refractivity contribution in [3.05, 3.63) is 35.6 Å². The summed E-state index contributed by atoms with van der Waals surface area (Å²) in [5.74, 6) is 0.422. The number of aromatic nitrogens is 4. The van der Waals surface area contributed by atoms with Gasteiger partial charge in [-0.25, -0.2) is 4.98 Å². The fourth-order valence-corrected chi connectivity index (χ4v) is 2.17. The van der Waals surface area contributed by atoms with Gasteiger partial charge in [0, 0.05) is 18.9 Å². The highest BCUT2D eigenvalue weighted by atomic mass is 35.5. The third-order valence-corrected chi connectivity index (χ3v) is 3.35. The Bertz CT molecular complexity index is 604. The van der Waals surface area contributed by atoms with Crippen molar-refractivity contribution in [3.63, 3.8) is 0 Å². The first-order chi connectivity index (χ1) is 9.97. The quantitative estimate of drug-likeness (QED) is 0.890. The van der Waals surface area contributed by atoms with E-state index in [1.54, 1.807) is 30.3 Å². The topological polar surface area (TPSA) is 64.7 Å². The van der Waals surface area contributed by atoms with Gasteiger partial charge in [-0.05, 0) is 12.8 Å². The van der Waals surface area contributed by atoms with Gasteiger partial charge in [0.25, 0.3) is 0 Å². The van der Waals surface area contributed by atoms with Gasteiger partial charge < -0.3 is 9.88 Å². The van der Waals surface area contributed by atoms with Gasteiger partial charge in [-0.2, -0.15) is 5.10 Å². The summed E-state index contributed by atoms with van der Waals surface area (Å²) in [4.78, 5) is 16.3. The van der Waals surface area contributed by atoms with Crippen LogP contribution in [-0.4, -0.2) is 25.2 Å². The van der Waals surface area contributed by atoms with Gasteiger partial charge in [0.1, 0.15) is 6.04 Å². The predicted octanol–water partition coefficient (Wildman–Crippen LogP) is 2.27. The van der Waals surface area contributed by atoms with Gasteiger partial charge in [0.2, 0.25) is 5.91 Å². The molecule has 0 aliphatic rings. The molecule has 1 amide bonds. The fraction of sp³-hybridized carbons (Fsp3) is 0.500. The molecule has 0 spiro atoms. The minimum atomic E-state index is -0.404. The maximum absolute atomic E-state index is 12.1. The number of amides is 1. The van der Waals surface area contributed by atoms with E-state index in [0.717, 1.165) is 12.2 Å². The second-order valence-corrected chi connectivity index (χ2v) is 5.90. The Morgan fingerprint density at radius 3 is 2.76 bits per heavy atom. The van der Waals surface area contributed by atoms with Crippen LogP contribution in [0.2, 0.25) is 5.02 Å². The molecule has 2 aromatic rings. The number of imidazole rings is 1. The normalized spacial score (nSPS) is 12.6. The third kappa shape index (κ3) is 4.07. The molecule has 0 aromatic carbocycles. The third-order valence-electron chi connectivity index (χ3n) is 3.15. The van der Waals surface area contributed by atoms with Crippen molar-refractivity contribution in [2.75, 3.05) is 0 Å². The van der Waals surface area contributed by atoms with Crippen LogP contribution < -0.4 is 5.32 Å². The summed E-state index contributed by atoms with van der Waals surface area (Å²) in [6.45, 7) is 7.41. The standard InChI is InChI=1S/C14H20ClN5O/c1-10(2)7-19-9-16-5-13(19)6-17-14(21)11(3)20-8-12(15)4-18-20/h4-5,8-11H,6-7H2,1-3H3,(H,17,21)/t11-/m1/s1. The molecule has 0 radical (unpaired) electrons. The highest BCUT2D eigenvalue weighted by molar-refractivity contribution is 6.30. The molecule has 0 fully saturated rings. The summed E-state index contributed by atoms with van der Waals surface area (Å²) in [6, 6.07) is -0.404. The van der Waals surface area contributed by atoms with Gasteiger partial charge in [0.15, 0.2) is 0 Å². The summed E-state index contributed by atoms with van der Waals surface area (Å²) < 4.78 is 3.60. The number of carbonyl (C=O) groups excluding carboxylic acids is 1. The van der Waals surface area contributed by atoms with E-state index < -0.39 is 6.04 Å². The summed E-state index contributed by atoms with van der Waals surface area (Å²) >= 11 is 5.81. The van der Waals surface area contributed by atoms with Crippen molar-refractivity contribution < 1.29 is 4.79 Å². The Kier molecular flexibility index (Phi) is 5.01. The van der Waals surface area contributed by atoms with E-state index in [1.165, 1.54) is 6.20 Å². The fourth-order valence-electron chi connectivity index (χ4n) is 2.03. The van der Waals surface area contributed by atoms with Gasteiger partial charge >= 0.3 is 0 Å². The van der Waals surface area contributed by atoms with Crippen LogP contribution in [0.15, 0.2) is 24.9 Å². The molecule has 6 nitrogen and oxygen atoms in total.